The average Bonchev–Trinajstić information content (AvgIpc) is 2.89. The largest absolute Gasteiger partial charge is 0.316 e. The van der Waals surface area contributed by atoms with Crippen LogP contribution in [0, 0.1) is 5.92 Å². The number of likely N-dealkylation sites (N-methyl/N-ethyl adjacent to an activating group) is 1. The lowest BCUT2D eigenvalue weighted by atomic mass is 9.99. The molecule has 1 saturated heterocycles. The van der Waals surface area contributed by atoms with Crippen LogP contribution in [0.5, 0.6) is 0 Å². The Balaban J connectivity index is 1.72. The maximum Gasteiger partial charge on any atom is 0.0536 e. The molecule has 0 saturated carbocycles. The van der Waals surface area contributed by atoms with Crippen molar-refractivity contribution < 1.29 is 0 Å². The van der Waals surface area contributed by atoms with E-state index in [0.717, 1.165) is 25.6 Å². The van der Waals surface area contributed by atoms with Gasteiger partial charge in [-0.05, 0) is 44.5 Å². The molecule has 0 radical (unpaired) electrons. The summed E-state index contributed by atoms with van der Waals surface area (Å²) in [5.74, 6) is 0.835. The molecule has 96 valence electrons. The van der Waals surface area contributed by atoms with Crippen molar-refractivity contribution in [2.45, 2.75) is 26.3 Å². The summed E-state index contributed by atoms with van der Waals surface area (Å²) in [6, 6.07) is 1.99. The number of piperidine rings is 1. The quantitative estimate of drug-likeness (QED) is 0.806. The van der Waals surface area contributed by atoms with E-state index in [2.05, 4.69) is 22.2 Å². The summed E-state index contributed by atoms with van der Waals surface area (Å²) in [7, 11) is 0. The molecule has 0 bridgehead atoms. The minimum absolute atomic E-state index is 0.835. The van der Waals surface area contributed by atoms with E-state index in [1.54, 1.807) is 0 Å². The van der Waals surface area contributed by atoms with Crippen LogP contribution in [0.4, 0.5) is 0 Å². The van der Waals surface area contributed by atoms with Gasteiger partial charge in [0.2, 0.25) is 0 Å². The van der Waals surface area contributed by atoms with Crippen molar-refractivity contribution in [3.05, 3.63) is 18.5 Å². The Labute approximate surface area is 104 Å². The maximum atomic E-state index is 4.25. The lowest BCUT2D eigenvalue weighted by Crippen LogP contribution is -2.39. The molecule has 4 nitrogen and oxygen atoms in total. The van der Waals surface area contributed by atoms with E-state index in [0.29, 0.717) is 0 Å². The van der Waals surface area contributed by atoms with E-state index < -0.39 is 0 Å². The standard InChI is InChI=1S/C13H24N4/c1-2-16(9-10-17-8-4-7-15-17)12-13-5-3-6-14-11-13/h4,7-8,13-14H,2-3,5-6,9-12H2,1H3. The fourth-order valence-corrected chi connectivity index (χ4v) is 2.50. The first-order valence-corrected chi connectivity index (χ1v) is 6.79. The molecule has 1 aromatic rings. The van der Waals surface area contributed by atoms with E-state index in [-0.39, 0.29) is 0 Å². The summed E-state index contributed by atoms with van der Waals surface area (Å²) in [4.78, 5) is 2.54. The highest BCUT2D eigenvalue weighted by atomic mass is 15.3. The highest BCUT2D eigenvalue weighted by Crippen LogP contribution is 2.11. The zero-order valence-electron chi connectivity index (χ0n) is 10.8. The molecular weight excluding hydrogens is 212 g/mol. The van der Waals surface area contributed by atoms with Crippen molar-refractivity contribution in [2.75, 3.05) is 32.7 Å². The Morgan fingerprint density at radius 2 is 2.47 bits per heavy atom. The number of rotatable bonds is 6. The zero-order valence-corrected chi connectivity index (χ0v) is 10.8. The van der Waals surface area contributed by atoms with E-state index >= 15 is 0 Å². The summed E-state index contributed by atoms with van der Waals surface area (Å²) < 4.78 is 2.02. The molecule has 1 aromatic heterocycles. The van der Waals surface area contributed by atoms with Gasteiger partial charge in [0, 0.05) is 25.5 Å². The van der Waals surface area contributed by atoms with Crippen LogP contribution in [0.25, 0.3) is 0 Å². The lowest BCUT2D eigenvalue weighted by Gasteiger charge is -2.29. The van der Waals surface area contributed by atoms with Gasteiger partial charge < -0.3 is 10.2 Å². The van der Waals surface area contributed by atoms with Crippen LogP contribution in [0.2, 0.25) is 0 Å². The van der Waals surface area contributed by atoms with Gasteiger partial charge >= 0.3 is 0 Å². The molecule has 1 fully saturated rings. The van der Waals surface area contributed by atoms with Gasteiger partial charge in [0.15, 0.2) is 0 Å². The van der Waals surface area contributed by atoms with Crippen molar-refractivity contribution in [1.82, 2.24) is 20.0 Å². The lowest BCUT2D eigenvalue weighted by molar-refractivity contribution is 0.208. The van der Waals surface area contributed by atoms with Crippen molar-refractivity contribution >= 4 is 0 Å². The van der Waals surface area contributed by atoms with Crippen LogP contribution in [-0.4, -0.2) is 47.4 Å². The maximum absolute atomic E-state index is 4.25. The Morgan fingerprint density at radius 3 is 3.12 bits per heavy atom. The Bertz CT molecular complexity index is 290. The second-order valence-corrected chi connectivity index (χ2v) is 4.87. The first kappa shape index (κ1) is 12.6. The van der Waals surface area contributed by atoms with Crippen LogP contribution in [0.1, 0.15) is 19.8 Å². The molecule has 4 heteroatoms. The number of nitrogens with one attached hydrogen (secondary N) is 1. The van der Waals surface area contributed by atoms with Gasteiger partial charge in [-0.1, -0.05) is 6.92 Å². The van der Waals surface area contributed by atoms with Gasteiger partial charge in [-0.25, -0.2) is 0 Å². The molecule has 2 rings (SSSR count). The van der Waals surface area contributed by atoms with Crippen molar-refractivity contribution in [2.24, 2.45) is 5.92 Å². The molecule has 0 aromatic carbocycles. The third kappa shape index (κ3) is 4.13. The van der Waals surface area contributed by atoms with Gasteiger partial charge in [0.1, 0.15) is 0 Å². The predicted octanol–water partition coefficient (Wildman–Crippen LogP) is 1.20. The topological polar surface area (TPSA) is 33.1 Å². The van der Waals surface area contributed by atoms with Gasteiger partial charge in [0.25, 0.3) is 0 Å². The smallest absolute Gasteiger partial charge is 0.0536 e. The monoisotopic (exact) mass is 236 g/mol. The van der Waals surface area contributed by atoms with Crippen molar-refractivity contribution in [1.29, 1.82) is 0 Å². The van der Waals surface area contributed by atoms with Crippen LogP contribution >= 0.6 is 0 Å². The Hall–Kier alpha value is -0.870. The van der Waals surface area contributed by atoms with E-state index in [9.17, 15) is 0 Å². The SMILES string of the molecule is CCN(CCn1cccn1)CC1CCCNC1. The van der Waals surface area contributed by atoms with Crippen LogP contribution in [0.3, 0.4) is 0 Å². The second-order valence-electron chi connectivity index (χ2n) is 4.87. The average molecular weight is 236 g/mol. The van der Waals surface area contributed by atoms with Gasteiger partial charge in [0.05, 0.1) is 6.54 Å². The number of aromatic nitrogens is 2. The minimum Gasteiger partial charge on any atom is -0.316 e. The fourth-order valence-electron chi connectivity index (χ4n) is 2.50. The Kier molecular flexibility index (Phi) is 5.01. The molecule has 1 aliphatic rings. The third-order valence-corrected chi connectivity index (χ3v) is 3.57. The van der Waals surface area contributed by atoms with Crippen LogP contribution < -0.4 is 5.32 Å². The molecular formula is C13H24N4. The summed E-state index contributed by atoms with van der Waals surface area (Å²) in [5, 5.41) is 7.74. The van der Waals surface area contributed by atoms with Gasteiger partial charge in [-0.15, -0.1) is 0 Å². The van der Waals surface area contributed by atoms with E-state index in [4.69, 9.17) is 0 Å². The first-order valence-electron chi connectivity index (χ1n) is 6.79. The van der Waals surface area contributed by atoms with Crippen LogP contribution in [-0.2, 0) is 6.54 Å². The highest BCUT2D eigenvalue weighted by molar-refractivity contribution is 4.78. The summed E-state index contributed by atoms with van der Waals surface area (Å²) in [6.45, 7) is 9.12. The molecule has 2 heterocycles. The van der Waals surface area contributed by atoms with E-state index in [1.807, 2.05) is 23.1 Å². The molecule has 17 heavy (non-hydrogen) atoms. The first-order chi connectivity index (χ1) is 8.38. The molecule has 0 amide bonds. The van der Waals surface area contributed by atoms with Crippen LogP contribution in [0.15, 0.2) is 18.5 Å². The van der Waals surface area contributed by atoms with Gasteiger partial charge in [-0.3, -0.25) is 4.68 Å². The number of hydrogen-bond donors (Lipinski definition) is 1. The number of nitrogens with zero attached hydrogens (tertiary/aromatic N) is 3. The highest BCUT2D eigenvalue weighted by Gasteiger charge is 2.15. The fraction of sp³-hybridized carbons (Fsp3) is 0.769. The van der Waals surface area contributed by atoms with E-state index in [1.165, 1.54) is 32.5 Å². The molecule has 1 atom stereocenters. The third-order valence-electron chi connectivity index (χ3n) is 3.57. The minimum atomic E-state index is 0.835. The summed E-state index contributed by atoms with van der Waals surface area (Å²) >= 11 is 0. The molecule has 1 unspecified atom stereocenters. The molecule has 1 N–H and O–H groups in total. The van der Waals surface area contributed by atoms with Gasteiger partial charge in [-0.2, -0.15) is 5.10 Å². The summed E-state index contributed by atoms with van der Waals surface area (Å²) in [6.07, 6.45) is 6.60. The molecule has 1 aliphatic heterocycles. The normalized spacial score (nSPS) is 20.9. The number of hydrogen-bond acceptors (Lipinski definition) is 3. The predicted molar refractivity (Wildman–Crippen MR) is 69.9 cm³/mol. The zero-order chi connectivity index (χ0) is 11.9. The molecule has 0 aliphatic carbocycles. The second kappa shape index (κ2) is 6.77. The summed E-state index contributed by atoms with van der Waals surface area (Å²) in [5.41, 5.74) is 0. The van der Waals surface area contributed by atoms with Crippen molar-refractivity contribution in [3.63, 3.8) is 0 Å². The van der Waals surface area contributed by atoms with Crippen molar-refractivity contribution in [3.8, 4) is 0 Å². The molecule has 0 spiro atoms. The Morgan fingerprint density at radius 1 is 1.53 bits per heavy atom.